The van der Waals surface area contributed by atoms with Crippen LogP contribution in [0.1, 0.15) is 48.7 Å². The average Bonchev–Trinajstić information content (AvgIpc) is 3.45. The highest BCUT2D eigenvalue weighted by molar-refractivity contribution is 8.01. The van der Waals surface area contributed by atoms with E-state index in [1.165, 1.54) is 23.6 Å². The molecule has 0 saturated carbocycles. The minimum atomic E-state index is -1.26. The zero-order valence-electron chi connectivity index (χ0n) is 23.3. The van der Waals surface area contributed by atoms with Gasteiger partial charge in [0.1, 0.15) is 11.4 Å². The van der Waals surface area contributed by atoms with Crippen LogP contribution in [-0.4, -0.2) is 51.6 Å². The van der Waals surface area contributed by atoms with E-state index in [4.69, 9.17) is 0 Å². The van der Waals surface area contributed by atoms with E-state index < -0.39 is 17.3 Å². The molecule has 1 aromatic carbocycles. The van der Waals surface area contributed by atoms with Crippen molar-refractivity contribution in [3.8, 4) is 0 Å². The number of thiazole rings is 1. The van der Waals surface area contributed by atoms with Crippen LogP contribution in [-0.2, 0) is 5.60 Å². The molecule has 220 valence electrons. The first-order chi connectivity index (χ1) is 20.4. The molecular formula is C30H34FN7O2S2. The molecule has 1 saturated heterocycles. The van der Waals surface area contributed by atoms with Crippen molar-refractivity contribution in [3.63, 3.8) is 0 Å². The van der Waals surface area contributed by atoms with Gasteiger partial charge in [0.05, 0.1) is 33.7 Å². The average molecular weight is 608 g/mol. The molecule has 42 heavy (non-hydrogen) atoms. The normalized spacial score (nSPS) is 15.1. The second kappa shape index (κ2) is 14.1. The standard InChI is InChI=1S/C30H34FN7O2S2/c1-2-13-30(40,20-6-4-3-5-7-20)19-36-28(39)27-26(31)23(12-16-33-27)41-25-18-35-29(42-25)38-24-9-8-22(17-34-24)37-21-10-14-32-15-11-21/h3-9,12,16-18,21,32,37,40H,2,10-11,13-15,19H2,1H3,(H,36,39)(H,34,35,38). The largest absolute Gasteiger partial charge is 0.383 e. The van der Waals surface area contributed by atoms with Crippen LogP contribution in [0.15, 0.2) is 76.2 Å². The monoisotopic (exact) mass is 607 g/mol. The summed E-state index contributed by atoms with van der Waals surface area (Å²) in [5, 5.41) is 24.6. The lowest BCUT2D eigenvalue weighted by Crippen LogP contribution is -2.41. The SMILES string of the molecule is CCCC(O)(CNC(=O)c1nccc(Sc2cnc(Nc3ccc(NC4CCNCC4)cn3)s2)c1F)c1ccccc1. The van der Waals surface area contributed by atoms with Crippen molar-refractivity contribution in [2.24, 2.45) is 0 Å². The molecule has 12 heteroatoms. The van der Waals surface area contributed by atoms with E-state index in [2.05, 4.69) is 36.2 Å². The summed E-state index contributed by atoms with van der Waals surface area (Å²) in [6.45, 7) is 3.93. The summed E-state index contributed by atoms with van der Waals surface area (Å²) in [6, 6.07) is 15.0. The summed E-state index contributed by atoms with van der Waals surface area (Å²) >= 11 is 2.52. The summed E-state index contributed by atoms with van der Waals surface area (Å²) in [5.41, 5.74) is 0.0851. The summed E-state index contributed by atoms with van der Waals surface area (Å²) in [4.78, 5) is 26.0. The van der Waals surface area contributed by atoms with Crippen molar-refractivity contribution < 1.29 is 14.3 Å². The minimum Gasteiger partial charge on any atom is -0.383 e. The maximum atomic E-state index is 15.4. The second-order valence-corrected chi connectivity index (χ2v) is 12.5. The molecule has 1 atom stereocenters. The number of carbonyl (C=O) groups is 1. The van der Waals surface area contributed by atoms with Crippen LogP contribution in [0.4, 0.5) is 21.0 Å². The van der Waals surface area contributed by atoms with Crippen LogP contribution < -0.4 is 21.3 Å². The molecule has 4 heterocycles. The zero-order chi connectivity index (χ0) is 29.4. The fourth-order valence-corrected chi connectivity index (χ4v) is 6.67. The third kappa shape index (κ3) is 7.62. The molecule has 0 bridgehead atoms. The van der Waals surface area contributed by atoms with Crippen molar-refractivity contribution in [2.75, 3.05) is 30.3 Å². The number of rotatable bonds is 12. The third-order valence-electron chi connectivity index (χ3n) is 6.99. The Balaban J connectivity index is 1.19. The molecule has 4 aromatic rings. The Bertz CT molecular complexity index is 1470. The first-order valence-electron chi connectivity index (χ1n) is 14.0. The van der Waals surface area contributed by atoms with E-state index in [1.807, 2.05) is 49.4 Å². The Kier molecular flexibility index (Phi) is 10.0. The van der Waals surface area contributed by atoms with Crippen molar-refractivity contribution in [2.45, 2.75) is 53.4 Å². The number of piperidine rings is 1. The number of hydrogen-bond donors (Lipinski definition) is 5. The number of pyridine rings is 2. The maximum Gasteiger partial charge on any atom is 0.273 e. The van der Waals surface area contributed by atoms with E-state index in [9.17, 15) is 9.90 Å². The number of aromatic nitrogens is 3. The van der Waals surface area contributed by atoms with Gasteiger partial charge in [-0.1, -0.05) is 66.8 Å². The van der Waals surface area contributed by atoms with Crippen LogP contribution >= 0.6 is 23.1 Å². The predicted molar refractivity (Wildman–Crippen MR) is 165 cm³/mol. The lowest BCUT2D eigenvalue weighted by molar-refractivity contribution is 0.0260. The Hall–Kier alpha value is -3.58. The number of hydrogen-bond acceptors (Lipinski definition) is 10. The number of anilines is 3. The molecule has 5 N–H and O–H groups in total. The van der Waals surface area contributed by atoms with E-state index in [0.29, 0.717) is 35.4 Å². The van der Waals surface area contributed by atoms with Gasteiger partial charge >= 0.3 is 0 Å². The number of benzene rings is 1. The van der Waals surface area contributed by atoms with Gasteiger partial charge < -0.3 is 26.4 Å². The molecular weight excluding hydrogens is 574 g/mol. The predicted octanol–water partition coefficient (Wildman–Crippen LogP) is 5.55. The molecule has 1 fully saturated rings. The molecule has 9 nitrogen and oxygen atoms in total. The number of carbonyl (C=O) groups excluding carboxylic acids is 1. The summed E-state index contributed by atoms with van der Waals surface area (Å²) in [6.07, 6.45) is 8.17. The van der Waals surface area contributed by atoms with E-state index >= 15 is 4.39 Å². The molecule has 0 aliphatic carbocycles. The van der Waals surface area contributed by atoms with Crippen molar-refractivity contribution in [1.82, 2.24) is 25.6 Å². The number of aliphatic hydroxyl groups is 1. The van der Waals surface area contributed by atoms with Gasteiger partial charge in [0, 0.05) is 12.2 Å². The second-order valence-electron chi connectivity index (χ2n) is 10.1. The first-order valence-corrected chi connectivity index (χ1v) is 15.6. The van der Waals surface area contributed by atoms with Gasteiger partial charge in [-0.05, 0) is 56.1 Å². The minimum absolute atomic E-state index is 0.0603. The van der Waals surface area contributed by atoms with Crippen LogP contribution in [0.3, 0.4) is 0 Å². The van der Waals surface area contributed by atoms with Gasteiger partial charge in [-0.15, -0.1) is 0 Å². The van der Waals surface area contributed by atoms with Crippen molar-refractivity contribution >= 4 is 45.6 Å². The van der Waals surface area contributed by atoms with Crippen LogP contribution in [0.5, 0.6) is 0 Å². The van der Waals surface area contributed by atoms with Crippen molar-refractivity contribution in [3.05, 3.63) is 84.2 Å². The van der Waals surface area contributed by atoms with Crippen LogP contribution in [0.2, 0.25) is 0 Å². The Morgan fingerprint density at radius 2 is 1.93 bits per heavy atom. The quantitative estimate of drug-likeness (QED) is 0.141. The number of halogens is 1. The summed E-state index contributed by atoms with van der Waals surface area (Å²) < 4.78 is 16.1. The summed E-state index contributed by atoms with van der Waals surface area (Å²) in [5.74, 6) is -0.749. The zero-order valence-corrected chi connectivity index (χ0v) is 24.9. The lowest BCUT2D eigenvalue weighted by Gasteiger charge is -2.28. The fourth-order valence-electron chi connectivity index (χ4n) is 4.81. The van der Waals surface area contributed by atoms with Crippen LogP contribution in [0, 0.1) is 5.82 Å². The molecule has 0 radical (unpaired) electrons. The molecule has 1 amide bonds. The number of nitrogens with zero attached hydrogens (tertiary/aromatic N) is 3. The van der Waals surface area contributed by atoms with Gasteiger partial charge in [0.15, 0.2) is 16.6 Å². The highest BCUT2D eigenvalue weighted by atomic mass is 32.2. The molecule has 1 unspecified atom stereocenters. The smallest absolute Gasteiger partial charge is 0.273 e. The Morgan fingerprint density at radius 1 is 1.12 bits per heavy atom. The van der Waals surface area contributed by atoms with Gasteiger partial charge in [-0.25, -0.2) is 19.3 Å². The van der Waals surface area contributed by atoms with Gasteiger partial charge in [0.2, 0.25) is 0 Å². The Labute approximate surface area is 252 Å². The third-order valence-corrected chi connectivity index (χ3v) is 9.04. The molecule has 1 aliphatic heterocycles. The maximum absolute atomic E-state index is 15.4. The first kappa shape index (κ1) is 29.9. The lowest BCUT2D eigenvalue weighted by atomic mass is 9.89. The van der Waals surface area contributed by atoms with Gasteiger partial charge in [0.25, 0.3) is 5.91 Å². The van der Waals surface area contributed by atoms with E-state index in [1.54, 1.807) is 12.4 Å². The highest BCUT2D eigenvalue weighted by Gasteiger charge is 2.30. The molecule has 1 aliphatic rings. The Morgan fingerprint density at radius 3 is 2.67 bits per heavy atom. The van der Waals surface area contributed by atoms with Crippen LogP contribution in [0.25, 0.3) is 0 Å². The van der Waals surface area contributed by atoms with Crippen molar-refractivity contribution in [1.29, 1.82) is 0 Å². The molecule has 0 spiro atoms. The number of amides is 1. The fraction of sp³-hybridized carbons (Fsp3) is 0.333. The highest BCUT2D eigenvalue weighted by Crippen LogP contribution is 2.36. The van der Waals surface area contributed by atoms with Gasteiger partial charge in [-0.3, -0.25) is 4.79 Å². The molecule has 5 rings (SSSR count). The number of nitrogens with one attached hydrogen (secondary N) is 4. The molecule has 3 aromatic heterocycles. The topological polar surface area (TPSA) is 124 Å². The van der Waals surface area contributed by atoms with Gasteiger partial charge in [-0.2, -0.15) is 0 Å². The van der Waals surface area contributed by atoms with E-state index in [0.717, 1.165) is 47.6 Å². The summed E-state index contributed by atoms with van der Waals surface area (Å²) in [7, 11) is 0. The van der Waals surface area contributed by atoms with E-state index in [-0.39, 0.29) is 17.1 Å².